The molecule has 12 heavy (non-hydrogen) atoms. The lowest BCUT2D eigenvalue weighted by atomic mass is 10.2. The van der Waals surface area contributed by atoms with Crippen molar-refractivity contribution >= 4 is 11.6 Å². The third kappa shape index (κ3) is 7.36. The Balaban J connectivity index is 0. The van der Waals surface area contributed by atoms with Crippen LogP contribution in [0.2, 0.25) is 5.02 Å². The van der Waals surface area contributed by atoms with Gasteiger partial charge in [0.2, 0.25) is 0 Å². The third-order valence-corrected chi connectivity index (χ3v) is 1.26. The fourth-order valence-electron chi connectivity index (χ4n) is 0.533. The summed E-state index contributed by atoms with van der Waals surface area (Å²) in [6.07, 6.45) is 0. The Morgan fingerprint density at radius 2 is 1.33 bits per heavy atom. The lowest BCUT2D eigenvalue weighted by molar-refractivity contribution is 1.48. The first-order valence-electron chi connectivity index (χ1n) is 4.01. The van der Waals surface area contributed by atoms with Crippen LogP contribution in [0.3, 0.4) is 0 Å². The lowest BCUT2D eigenvalue weighted by Crippen LogP contribution is -1.66. The maximum atomic E-state index is 5.61. The summed E-state index contributed by atoms with van der Waals surface area (Å²) >= 11 is 5.61. The van der Waals surface area contributed by atoms with Gasteiger partial charge in [-0.2, -0.15) is 0 Å². The monoisotopic (exact) mass is 184 g/mol. The van der Waals surface area contributed by atoms with Gasteiger partial charge < -0.3 is 0 Å². The highest BCUT2D eigenvalue weighted by atomic mass is 35.5. The molecule has 0 unspecified atom stereocenters. The molecule has 0 heterocycles. The highest BCUT2D eigenvalue weighted by molar-refractivity contribution is 6.30. The fourth-order valence-corrected chi connectivity index (χ4v) is 0.659. The van der Waals surface area contributed by atoms with Crippen LogP contribution in [0.25, 0.3) is 0 Å². The molecule has 0 fully saturated rings. The number of benzene rings is 1. The Morgan fingerprint density at radius 3 is 1.58 bits per heavy atom. The first-order valence-corrected chi connectivity index (χ1v) is 4.39. The van der Waals surface area contributed by atoms with Gasteiger partial charge in [0.1, 0.15) is 0 Å². The Bertz CT molecular complexity index is 156. The van der Waals surface area contributed by atoms with Gasteiger partial charge >= 0.3 is 0 Å². The van der Waals surface area contributed by atoms with Gasteiger partial charge in [-0.25, -0.2) is 0 Å². The first kappa shape index (κ1) is 13.8. The zero-order chi connectivity index (χ0) is 9.98. The van der Waals surface area contributed by atoms with Gasteiger partial charge in [-0.3, -0.25) is 0 Å². The van der Waals surface area contributed by atoms with E-state index >= 15 is 0 Å². The SMILES string of the molecule is C=C.CC.Cc1ccc(Cl)cc1. The summed E-state index contributed by atoms with van der Waals surface area (Å²) in [5, 5.41) is 0.801. The topological polar surface area (TPSA) is 0 Å². The molecule has 1 rings (SSSR count). The molecule has 0 saturated heterocycles. The van der Waals surface area contributed by atoms with Crippen LogP contribution >= 0.6 is 11.6 Å². The van der Waals surface area contributed by atoms with Crippen molar-refractivity contribution in [3.8, 4) is 0 Å². The van der Waals surface area contributed by atoms with Crippen LogP contribution in [0.5, 0.6) is 0 Å². The summed E-state index contributed by atoms with van der Waals surface area (Å²) in [5.41, 5.74) is 1.24. The van der Waals surface area contributed by atoms with Crippen LogP contribution in [0.15, 0.2) is 37.4 Å². The fraction of sp³-hybridized carbons (Fsp3) is 0.273. The zero-order valence-corrected chi connectivity index (χ0v) is 8.86. The van der Waals surface area contributed by atoms with E-state index in [9.17, 15) is 0 Å². The van der Waals surface area contributed by atoms with E-state index < -0.39 is 0 Å². The highest BCUT2D eigenvalue weighted by Crippen LogP contribution is 2.07. The lowest BCUT2D eigenvalue weighted by Gasteiger charge is -1.88. The van der Waals surface area contributed by atoms with Gasteiger partial charge in [0, 0.05) is 5.02 Å². The van der Waals surface area contributed by atoms with E-state index in [0.29, 0.717) is 0 Å². The van der Waals surface area contributed by atoms with Gasteiger partial charge in [0.05, 0.1) is 0 Å². The number of hydrogen-bond acceptors (Lipinski definition) is 0. The molecule has 0 N–H and O–H groups in total. The van der Waals surface area contributed by atoms with Crippen molar-refractivity contribution in [2.75, 3.05) is 0 Å². The van der Waals surface area contributed by atoms with Crippen molar-refractivity contribution in [2.45, 2.75) is 20.8 Å². The Morgan fingerprint density at radius 1 is 1.00 bits per heavy atom. The van der Waals surface area contributed by atoms with Gasteiger partial charge in [0.25, 0.3) is 0 Å². The molecular formula is C11H17Cl. The normalized spacial score (nSPS) is 7.00. The van der Waals surface area contributed by atoms with Crippen molar-refractivity contribution in [3.05, 3.63) is 48.0 Å². The smallest absolute Gasteiger partial charge is 0.0406 e. The summed E-state index contributed by atoms with van der Waals surface area (Å²) in [6.45, 7) is 12.0. The molecular weight excluding hydrogens is 168 g/mol. The molecule has 0 spiro atoms. The van der Waals surface area contributed by atoms with Crippen LogP contribution in [0, 0.1) is 6.92 Å². The standard InChI is InChI=1S/C7H7Cl.C2H6.C2H4/c1-6-2-4-7(8)5-3-6;2*1-2/h2-5H,1H3;1-2H3;1-2H2. The number of halogens is 1. The van der Waals surface area contributed by atoms with Crippen LogP contribution in [-0.2, 0) is 0 Å². The molecule has 0 aromatic heterocycles. The van der Waals surface area contributed by atoms with Crippen molar-refractivity contribution in [1.29, 1.82) is 0 Å². The highest BCUT2D eigenvalue weighted by Gasteiger charge is 1.81. The third-order valence-electron chi connectivity index (χ3n) is 1.01. The van der Waals surface area contributed by atoms with Gasteiger partial charge in [-0.05, 0) is 19.1 Å². The Kier molecular flexibility index (Phi) is 11.8. The van der Waals surface area contributed by atoms with Crippen LogP contribution in [-0.4, -0.2) is 0 Å². The molecule has 0 aliphatic rings. The van der Waals surface area contributed by atoms with Crippen molar-refractivity contribution in [3.63, 3.8) is 0 Å². The van der Waals surface area contributed by atoms with E-state index in [4.69, 9.17) is 11.6 Å². The minimum absolute atomic E-state index is 0.801. The van der Waals surface area contributed by atoms with E-state index in [1.54, 1.807) is 0 Å². The first-order chi connectivity index (χ1) is 5.79. The molecule has 0 aliphatic carbocycles. The molecule has 0 nitrogen and oxygen atoms in total. The molecule has 0 amide bonds. The van der Waals surface area contributed by atoms with E-state index in [1.165, 1.54) is 5.56 Å². The second kappa shape index (κ2) is 10.2. The minimum Gasteiger partial charge on any atom is -0.106 e. The molecule has 0 saturated carbocycles. The molecule has 1 aromatic rings. The predicted octanol–water partition coefficient (Wildman–Crippen LogP) is 4.48. The van der Waals surface area contributed by atoms with E-state index in [-0.39, 0.29) is 0 Å². The molecule has 0 aliphatic heterocycles. The zero-order valence-electron chi connectivity index (χ0n) is 8.10. The number of aryl methyl sites for hydroxylation is 1. The van der Waals surface area contributed by atoms with E-state index in [1.807, 2.05) is 45.0 Å². The second-order valence-corrected chi connectivity index (χ2v) is 2.23. The molecule has 1 aromatic carbocycles. The maximum Gasteiger partial charge on any atom is 0.0406 e. The van der Waals surface area contributed by atoms with Crippen molar-refractivity contribution in [1.82, 2.24) is 0 Å². The quantitative estimate of drug-likeness (QED) is 0.522. The average molecular weight is 185 g/mol. The van der Waals surface area contributed by atoms with Crippen molar-refractivity contribution in [2.24, 2.45) is 0 Å². The van der Waals surface area contributed by atoms with Crippen LogP contribution < -0.4 is 0 Å². The predicted molar refractivity (Wildman–Crippen MR) is 58.8 cm³/mol. The molecule has 0 bridgehead atoms. The van der Waals surface area contributed by atoms with E-state index in [0.717, 1.165) is 5.02 Å². The number of hydrogen-bond donors (Lipinski definition) is 0. The summed E-state index contributed by atoms with van der Waals surface area (Å²) in [6, 6.07) is 7.75. The Labute approximate surface area is 80.9 Å². The summed E-state index contributed by atoms with van der Waals surface area (Å²) in [7, 11) is 0. The van der Waals surface area contributed by atoms with Gasteiger partial charge in [-0.15, -0.1) is 13.2 Å². The minimum atomic E-state index is 0.801. The van der Waals surface area contributed by atoms with Crippen molar-refractivity contribution < 1.29 is 0 Å². The molecule has 1 heteroatoms. The van der Waals surface area contributed by atoms with Crippen LogP contribution in [0.1, 0.15) is 19.4 Å². The summed E-state index contributed by atoms with van der Waals surface area (Å²) in [4.78, 5) is 0. The van der Waals surface area contributed by atoms with Crippen LogP contribution in [0.4, 0.5) is 0 Å². The summed E-state index contributed by atoms with van der Waals surface area (Å²) < 4.78 is 0. The maximum absolute atomic E-state index is 5.61. The molecule has 0 radical (unpaired) electrons. The van der Waals surface area contributed by atoms with E-state index in [2.05, 4.69) is 13.2 Å². The van der Waals surface area contributed by atoms with Gasteiger partial charge in [-0.1, -0.05) is 43.1 Å². The molecule has 68 valence electrons. The average Bonchev–Trinajstić information content (AvgIpc) is 2.17. The van der Waals surface area contributed by atoms with Gasteiger partial charge in [0.15, 0.2) is 0 Å². The molecule has 0 atom stereocenters. The second-order valence-electron chi connectivity index (χ2n) is 1.80. The Hall–Kier alpha value is -0.750. The number of rotatable bonds is 0. The largest absolute Gasteiger partial charge is 0.106 e. The summed E-state index contributed by atoms with van der Waals surface area (Å²) in [5.74, 6) is 0.